The van der Waals surface area contributed by atoms with Crippen LogP contribution >= 0.6 is 11.3 Å². The number of aromatic nitrogens is 1. The highest BCUT2D eigenvalue weighted by Gasteiger charge is 2.13. The van der Waals surface area contributed by atoms with Gasteiger partial charge in [0.15, 0.2) is 0 Å². The number of carbonyl (C=O) groups is 2. The van der Waals surface area contributed by atoms with Crippen LogP contribution in [-0.2, 0) is 4.74 Å². The van der Waals surface area contributed by atoms with Gasteiger partial charge in [0.1, 0.15) is 5.82 Å². The summed E-state index contributed by atoms with van der Waals surface area (Å²) in [5.41, 5.74) is 12.7. The van der Waals surface area contributed by atoms with Crippen molar-refractivity contribution in [3.63, 3.8) is 0 Å². The number of benzene rings is 1. The lowest BCUT2D eigenvalue weighted by atomic mass is 10.1. The van der Waals surface area contributed by atoms with Crippen LogP contribution in [0.15, 0.2) is 36.5 Å². The molecular formula is C16H14N4O3S. The molecule has 2 heterocycles. The highest BCUT2D eigenvalue weighted by atomic mass is 32.1. The van der Waals surface area contributed by atoms with E-state index in [1.807, 2.05) is 18.2 Å². The minimum Gasteiger partial charge on any atom is -0.465 e. The number of rotatable bonds is 3. The van der Waals surface area contributed by atoms with E-state index in [1.54, 1.807) is 12.1 Å². The zero-order valence-electron chi connectivity index (χ0n) is 12.7. The van der Waals surface area contributed by atoms with Crippen molar-refractivity contribution >= 4 is 44.9 Å². The van der Waals surface area contributed by atoms with Crippen LogP contribution < -0.4 is 16.8 Å². The molecule has 24 heavy (non-hydrogen) atoms. The Hall–Kier alpha value is -3.13. The number of urea groups is 1. The Morgan fingerprint density at radius 1 is 1.25 bits per heavy atom. The Kier molecular flexibility index (Phi) is 4.05. The Bertz CT molecular complexity index is 952. The number of nitrogens with two attached hydrogens (primary N) is 2. The summed E-state index contributed by atoms with van der Waals surface area (Å²) in [7, 11) is 1.31. The molecule has 8 heteroatoms. The van der Waals surface area contributed by atoms with Gasteiger partial charge < -0.3 is 21.5 Å². The molecule has 0 fully saturated rings. The summed E-state index contributed by atoms with van der Waals surface area (Å²) >= 11 is 1.50. The van der Waals surface area contributed by atoms with Crippen LogP contribution in [0.25, 0.3) is 20.5 Å². The maximum Gasteiger partial charge on any atom is 0.339 e. The number of pyridine rings is 1. The smallest absolute Gasteiger partial charge is 0.339 e. The Labute approximate surface area is 141 Å². The first-order valence-electron chi connectivity index (χ1n) is 6.92. The molecule has 3 rings (SSSR count). The second-order valence-electron chi connectivity index (χ2n) is 5.00. The summed E-state index contributed by atoms with van der Waals surface area (Å²) in [5.74, 6) is -0.150. The molecule has 0 bridgehead atoms. The first kappa shape index (κ1) is 15.8. The number of fused-ring (bicyclic) bond motifs is 1. The van der Waals surface area contributed by atoms with Crippen molar-refractivity contribution in [2.75, 3.05) is 18.2 Å². The lowest BCUT2D eigenvalue weighted by Crippen LogP contribution is -2.19. The van der Waals surface area contributed by atoms with Gasteiger partial charge in [0.05, 0.1) is 12.7 Å². The van der Waals surface area contributed by atoms with Gasteiger partial charge in [0, 0.05) is 27.0 Å². The topological polar surface area (TPSA) is 120 Å². The third-order valence-electron chi connectivity index (χ3n) is 3.39. The van der Waals surface area contributed by atoms with Crippen LogP contribution in [0.5, 0.6) is 0 Å². The summed E-state index contributed by atoms with van der Waals surface area (Å²) < 4.78 is 5.71. The molecule has 3 aromatic rings. The number of nitrogens with zero attached hydrogens (tertiary/aromatic N) is 1. The SMILES string of the molecule is COC(=O)c1cnc(N)c(-c2cc3cc(NC(N)=O)ccc3s2)c1. The molecule has 1 aromatic carbocycles. The molecule has 2 aromatic heterocycles. The predicted octanol–water partition coefficient (Wildman–Crippen LogP) is 2.82. The number of amides is 2. The summed E-state index contributed by atoms with van der Waals surface area (Å²) in [6.07, 6.45) is 1.38. The van der Waals surface area contributed by atoms with E-state index in [0.717, 1.165) is 15.0 Å². The number of nitrogen functional groups attached to an aromatic ring is 1. The zero-order valence-corrected chi connectivity index (χ0v) is 13.5. The number of methoxy groups -OCH3 is 1. The van der Waals surface area contributed by atoms with E-state index in [-0.39, 0.29) is 0 Å². The van der Waals surface area contributed by atoms with Gasteiger partial charge in [-0.05, 0) is 35.7 Å². The van der Waals surface area contributed by atoms with Crippen molar-refractivity contribution in [3.05, 3.63) is 42.1 Å². The number of anilines is 2. The van der Waals surface area contributed by atoms with Crippen LogP contribution in [0, 0.1) is 0 Å². The van der Waals surface area contributed by atoms with Crippen molar-refractivity contribution in [1.82, 2.24) is 4.98 Å². The number of esters is 1. The van der Waals surface area contributed by atoms with Crippen molar-refractivity contribution in [2.24, 2.45) is 5.73 Å². The van der Waals surface area contributed by atoms with Crippen LogP contribution in [-0.4, -0.2) is 24.1 Å². The lowest BCUT2D eigenvalue weighted by molar-refractivity contribution is 0.0600. The molecule has 5 N–H and O–H groups in total. The van der Waals surface area contributed by atoms with E-state index in [4.69, 9.17) is 16.2 Å². The second kappa shape index (κ2) is 6.17. The summed E-state index contributed by atoms with van der Waals surface area (Å²) in [6, 6.07) is 8.40. The van der Waals surface area contributed by atoms with Gasteiger partial charge in [-0.1, -0.05) is 0 Å². The molecule has 7 nitrogen and oxygen atoms in total. The molecular weight excluding hydrogens is 328 g/mol. The van der Waals surface area contributed by atoms with Gasteiger partial charge in [-0.25, -0.2) is 14.6 Å². The van der Waals surface area contributed by atoms with Gasteiger partial charge in [-0.15, -0.1) is 11.3 Å². The van der Waals surface area contributed by atoms with Crippen LogP contribution in [0.1, 0.15) is 10.4 Å². The molecule has 0 radical (unpaired) electrons. The second-order valence-corrected chi connectivity index (χ2v) is 6.08. The number of hydrogen-bond acceptors (Lipinski definition) is 6. The quantitative estimate of drug-likeness (QED) is 0.632. The lowest BCUT2D eigenvalue weighted by Gasteiger charge is -2.04. The summed E-state index contributed by atoms with van der Waals surface area (Å²) in [5, 5.41) is 3.45. The Morgan fingerprint density at radius 2 is 2.04 bits per heavy atom. The number of ether oxygens (including phenoxy) is 1. The van der Waals surface area contributed by atoms with E-state index in [2.05, 4.69) is 10.3 Å². The van der Waals surface area contributed by atoms with Crippen LogP contribution in [0.4, 0.5) is 16.3 Å². The number of hydrogen-bond donors (Lipinski definition) is 3. The first-order valence-corrected chi connectivity index (χ1v) is 7.74. The Morgan fingerprint density at radius 3 is 2.75 bits per heavy atom. The minimum atomic E-state index is -0.621. The monoisotopic (exact) mass is 342 g/mol. The van der Waals surface area contributed by atoms with Crippen LogP contribution in [0.2, 0.25) is 0 Å². The highest BCUT2D eigenvalue weighted by Crippen LogP contribution is 2.37. The first-order chi connectivity index (χ1) is 11.5. The normalized spacial score (nSPS) is 10.5. The molecule has 0 unspecified atom stereocenters. The fourth-order valence-electron chi connectivity index (χ4n) is 2.30. The maximum atomic E-state index is 11.7. The predicted molar refractivity (Wildman–Crippen MR) is 94.0 cm³/mol. The van der Waals surface area contributed by atoms with Gasteiger partial charge in [-0.2, -0.15) is 0 Å². The van der Waals surface area contributed by atoms with E-state index in [1.165, 1.54) is 24.6 Å². The number of primary amides is 1. The molecule has 122 valence electrons. The van der Waals surface area contributed by atoms with Crippen molar-refractivity contribution in [3.8, 4) is 10.4 Å². The molecule has 2 amide bonds. The number of carbonyl (C=O) groups excluding carboxylic acids is 2. The number of nitrogens with one attached hydrogen (secondary N) is 1. The van der Waals surface area contributed by atoms with Gasteiger partial charge >= 0.3 is 12.0 Å². The minimum absolute atomic E-state index is 0.324. The zero-order chi connectivity index (χ0) is 17.3. The molecule has 0 aliphatic carbocycles. The van der Waals surface area contributed by atoms with Gasteiger partial charge in [-0.3, -0.25) is 0 Å². The van der Waals surface area contributed by atoms with E-state index < -0.39 is 12.0 Å². The average molecular weight is 342 g/mol. The standard InChI is InChI=1S/C16H14N4O3S/c1-23-15(21)9-5-11(14(17)19-7-9)13-6-8-4-10(20-16(18)22)2-3-12(8)24-13/h2-7H,1H3,(H2,17,19)(H3,18,20,22). The van der Waals surface area contributed by atoms with Gasteiger partial charge in [0.25, 0.3) is 0 Å². The largest absolute Gasteiger partial charge is 0.465 e. The fraction of sp³-hybridized carbons (Fsp3) is 0.0625. The third-order valence-corrected chi connectivity index (χ3v) is 4.54. The molecule has 0 aliphatic rings. The summed E-state index contributed by atoms with van der Waals surface area (Å²) in [6.45, 7) is 0. The Balaban J connectivity index is 2.06. The van der Waals surface area contributed by atoms with Crippen molar-refractivity contribution in [2.45, 2.75) is 0 Å². The summed E-state index contributed by atoms with van der Waals surface area (Å²) in [4.78, 5) is 27.5. The molecule has 0 spiro atoms. The van der Waals surface area contributed by atoms with Crippen molar-refractivity contribution in [1.29, 1.82) is 0 Å². The van der Waals surface area contributed by atoms with E-state index in [9.17, 15) is 9.59 Å². The van der Waals surface area contributed by atoms with Gasteiger partial charge in [0.2, 0.25) is 0 Å². The third kappa shape index (κ3) is 2.99. The van der Waals surface area contributed by atoms with Crippen LogP contribution in [0.3, 0.4) is 0 Å². The average Bonchev–Trinajstić information content (AvgIpc) is 2.97. The number of thiophene rings is 1. The highest BCUT2D eigenvalue weighted by molar-refractivity contribution is 7.22. The molecule has 0 saturated heterocycles. The van der Waals surface area contributed by atoms with Crippen molar-refractivity contribution < 1.29 is 14.3 Å². The fourth-order valence-corrected chi connectivity index (χ4v) is 3.37. The van der Waals surface area contributed by atoms with E-state index >= 15 is 0 Å². The maximum absolute atomic E-state index is 11.7. The molecule has 0 aliphatic heterocycles. The molecule has 0 saturated carbocycles. The molecule has 0 atom stereocenters. The van der Waals surface area contributed by atoms with E-state index in [0.29, 0.717) is 22.6 Å².